The molecule has 1 heterocycles. The van der Waals surface area contributed by atoms with Crippen molar-refractivity contribution in [2.24, 2.45) is 0 Å². The Bertz CT molecular complexity index is 612. The van der Waals surface area contributed by atoms with Crippen LogP contribution in [0, 0.1) is 5.82 Å². The molecule has 7 heteroatoms. The highest BCUT2D eigenvalue weighted by atomic mass is 19.1. The Hall–Kier alpha value is -2.44. The summed E-state index contributed by atoms with van der Waals surface area (Å²) in [6, 6.07) is 3.79. The first-order valence-electron chi connectivity index (χ1n) is 6.14. The van der Waals surface area contributed by atoms with Crippen LogP contribution in [0.1, 0.15) is 23.1 Å². The van der Waals surface area contributed by atoms with Gasteiger partial charge >= 0.3 is 0 Å². The number of rotatable bonds is 5. The number of carbonyl (C=O) groups is 1. The standard InChI is InChI=1S/C13H15FN4O2/c1-3-18-8-16-17-12(18)7-15-13(19)10-6-9(14)4-5-11(10)20-2/h4-6,8H,3,7H2,1-2H3,(H,15,19). The van der Waals surface area contributed by atoms with Crippen molar-refractivity contribution in [3.63, 3.8) is 0 Å². The lowest BCUT2D eigenvalue weighted by molar-refractivity contribution is 0.0946. The predicted octanol–water partition coefficient (Wildman–Crippen LogP) is 1.38. The minimum atomic E-state index is -0.493. The highest BCUT2D eigenvalue weighted by Crippen LogP contribution is 2.19. The van der Waals surface area contributed by atoms with E-state index in [1.165, 1.54) is 19.2 Å². The molecule has 20 heavy (non-hydrogen) atoms. The van der Waals surface area contributed by atoms with Crippen molar-refractivity contribution in [3.8, 4) is 5.75 Å². The van der Waals surface area contributed by atoms with E-state index in [1.54, 1.807) is 6.33 Å². The zero-order chi connectivity index (χ0) is 14.5. The fourth-order valence-corrected chi connectivity index (χ4v) is 1.79. The van der Waals surface area contributed by atoms with E-state index < -0.39 is 11.7 Å². The molecule has 0 fully saturated rings. The van der Waals surface area contributed by atoms with Gasteiger partial charge in [0, 0.05) is 6.54 Å². The maximum atomic E-state index is 13.2. The average molecular weight is 278 g/mol. The fourth-order valence-electron chi connectivity index (χ4n) is 1.79. The SMILES string of the molecule is CCn1cnnc1CNC(=O)c1cc(F)ccc1OC. The van der Waals surface area contributed by atoms with Crippen molar-refractivity contribution < 1.29 is 13.9 Å². The van der Waals surface area contributed by atoms with Gasteiger partial charge < -0.3 is 14.6 Å². The van der Waals surface area contributed by atoms with Gasteiger partial charge in [0.1, 0.15) is 17.9 Å². The Labute approximate surface area is 115 Å². The largest absolute Gasteiger partial charge is 0.496 e. The second-order valence-corrected chi connectivity index (χ2v) is 4.06. The first kappa shape index (κ1) is 14.0. The van der Waals surface area contributed by atoms with Gasteiger partial charge in [0.2, 0.25) is 0 Å². The van der Waals surface area contributed by atoms with E-state index in [2.05, 4.69) is 15.5 Å². The van der Waals surface area contributed by atoms with Gasteiger partial charge in [0.05, 0.1) is 19.2 Å². The summed E-state index contributed by atoms with van der Waals surface area (Å²) >= 11 is 0. The predicted molar refractivity (Wildman–Crippen MR) is 69.8 cm³/mol. The third-order valence-corrected chi connectivity index (χ3v) is 2.85. The summed E-state index contributed by atoms with van der Waals surface area (Å²) in [5.74, 6) is 0.0387. The van der Waals surface area contributed by atoms with E-state index in [-0.39, 0.29) is 12.1 Å². The van der Waals surface area contributed by atoms with Crippen LogP contribution in [0.4, 0.5) is 4.39 Å². The summed E-state index contributed by atoms with van der Waals surface area (Å²) in [5, 5.41) is 10.3. The number of carbonyl (C=O) groups excluding carboxylic acids is 1. The maximum Gasteiger partial charge on any atom is 0.255 e. The normalized spacial score (nSPS) is 10.3. The lowest BCUT2D eigenvalue weighted by Gasteiger charge is -2.09. The van der Waals surface area contributed by atoms with Crippen LogP contribution in [0.3, 0.4) is 0 Å². The molecule has 1 N–H and O–H groups in total. The monoisotopic (exact) mass is 278 g/mol. The highest BCUT2D eigenvalue weighted by molar-refractivity contribution is 5.96. The number of amides is 1. The van der Waals surface area contributed by atoms with Crippen LogP contribution < -0.4 is 10.1 Å². The minimum Gasteiger partial charge on any atom is -0.496 e. The maximum absolute atomic E-state index is 13.2. The van der Waals surface area contributed by atoms with Crippen LogP contribution >= 0.6 is 0 Å². The van der Waals surface area contributed by atoms with Gasteiger partial charge in [-0.3, -0.25) is 4.79 Å². The van der Waals surface area contributed by atoms with E-state index in [1.807, 2.05) is 11.5 Å². The van der Waals surface area contributed by atoms with Crippen molar-refractivity contribution in [2.45, 2.75) is 20.0 Å². The Morgan fingerprint density at radius 3 is 3.00 bits per heavy atom. The molecular weight excluding hydrogens is 263 g/mol. The Kier molecular flexibility index (Phi) is 4.29. The quantitative estimate of drug-likeness (QED) is 0.897. The molecule has 6 nitrogen and oxygen atoms in total. The minimum absolute atomic E-state index is 0.148. The number of aromatic nitrogens is 3. The van der Waals surface area contributed by atoms with Gasteiger partial charge in [-0.15, -0.1) is 10.2 Å². The van der Waals surface area contributed by atoms with Gasteiger partial charge in [-0.05, 0) is 25.1 Å². The van der Waals surface area contributed by atoms with Gasteiger partial charge in [0.15, 0.2) is 5.82 Å². The summed E-state index contributed by atoms with van der Waals surface area (Å²) in [5.41, 5.74) is 0.148. The number of nitrogens with zero attached hydrogens (tertiary/aromatic N) is 3. The van der Waals surface area contributed by atoms with Gasteiger partial charge in [0.25, 0.3) is 5.91 Å². The summed E-state index contributed by atoms with van der Waals surface area (Å²) in [6.45, 7) is 2.87. The summed E-state index contributed by atoms with van der Waals surface area (Å²) in [7, 11) is 1.43. The third kappa shape index (κ3) is 2.93. The van der Waals surface area contributed by atoms with Crippen LogP contribution in [0.25, 0.3) is 0 Å². The molecule has 0 saturated heterocycles. The summed E-state index contributed by atoms with van der Waals surface area (Å²) in [4.78, 5) is 12.1. The molecule has 0 saturated carbocycles. The molecule has 1 aromatic heterocycles. The lowest BCUT2D eigenvalue weighted by atomic mass is 10.2. The topological polar surface area (TPSA) is 69.0 Å². The van der Waals surface area contributed by atoms with E-state index in [0.717, 1.165) is 6.07 Å². The fraction of sp³-hybridized carbons (Fsp3) is 0.308. The number of hydrogen-bond acceptors (Lipinski definition) is 4. The molecule has 0 aliphatic carbocycles. The van der Waals surface area contributed by atoms with E-state index in [9.17, 15) is 9.18 Å². The molecule has 0 spiro atoms. The van der Waals surface area contributed by atoms with Crippen LogP contribution in [0.15, 0.2) is 24.5 Å². The lowest BCUT2D eigenvalue weighted by Crippen LogP contribution is -2.25. The highest BCUT2D eigenvalue weighted by Gasteiger charge is 2.14. The second kappa shape index (κ2) is 6.14. The Morgan fingerprint density at radius 1 is 1.50 bits per heavy atom. The van der Waals surface area contributed by atoms with Crippen molar-refractivity contribution >= 4 is 5.91 Å². The first-order chi connectivity index (χ1) is 9.65. The van der Waals surface area contributed by atoms with Crippen molar-refractivity contribution in [2.75, 3.05) is 7.11 Å². The van der Waals surface area contributed by atoms with Gasteiger partial charge in [-0.25, -0.2) is 4.39 Å². The van der Waals surface area contributed by atoms with Crippen molar-refractivity contribution in [1.82, 2.24) is 20.1 Å². The second-order valence-electron chi connectivity index (χ2n) is 4.06. The number of benzene rings is 1. The van der Waals surface area contributed by atoms with Crippen molar-refractivity contribution in [3.05, 3.63) is 41.7 Å². The molecule has 2 rings (SSSR count). The molecule has 106 valence electrons. The van der Waals surface area contributed by atoms with Gasteiger partial charge in [-0.1, -0.05) is 0 Å². The third-order valence-electron chi connectivity index (χ3n) is 2.85. The van der Waals surface area contributed by atoms with E-state index in [0.29, 0.717) is 18.1 Å². The molecule has 0 aliphatic heterocycles. The number of methoxy groups -OCH3 is 1. The molecule has 0 bridgehead atoms. The molecule has 2 aromatic rings. The number of hydrogen-bond donors (Lipinski definition) is 1. The van der Waals surface area contributed by atoms with Crippen LogP contribution in [-0.4, -0.2) is 27.8 Å². The van der Waals surface area contributed by atoms with Crippen LogP contribution in [0.2, 0.25) is 0 Å². The molecule has 1 amide bonds. The molecule has 0 radical (unpaired) electrons. The number of ether oxygens (including phenoxy) is 1. The van der Waals surface area contributed by atoms with Crippen LogP contribution in [0.5, 0.6) is 5.75 Å². The summed E-state index contributed by atoms with van der Waals surface area (Å²) < 4.78 is 20.1. The molecule has 0 atom stereocenters. The van der Waals surface area contributed by atoms with E-state index >= 15 is 0 Å². The molecule has 0 aliphatic rings. The zero-order valence-electron chi connectivity index (χ0n) is 11.3. The average Bonchev–Trinajstić information content (AvgIpc) is 2.92. The number of aryl methyl sites for hydroxylation is 1. The summed E-state index contributed by atoms with van der Waals surface area (Å²) in [6.07, 6.45) is 1.59. The van der Waals surface area contributed by atoms with Gasteiger partial charge in [-0.2, -0.15) is 0 Å². The molecule has 0 unspecified atom stereocenters. The van der Waals surface area contributed by atoms with Crippen LogP contribution in [-0.2, 0) is 13.1 Å². The molecular formula is C13H15FN4O2. The smallest absolute Gasteiger partial charge is 0.255 e. The molecule has 1 aromatic carbocycles. The zero-order valence-corrected chi connectivity index (χ0v) is 11.3. The Balaban J connectivity index is 2.11. The Morgan fingerprint density at radius 2 is 2.30 bits per heavy atom. The number of nitrogens with one attached hydrogen (secondary N) is 1. The number of halogens is 1. The first-order valence-corrected chi connectivity index (χ1v) is 6.14. The van der Waals surface area contributed by atoms with Crippen molar-refractivity contribution in [1.29, 1.82) is 0 Å². The van der Waals surface area contributed by atoms with E-state index in [4.69, 9.17) is 4.74 Å².